The Morgan fingerprint density at radius 2 is 1.81 bits per heavy atom. The van der Waals surface area contributed by atoms with Crippen LogP contribution in [-0.4, -0.2) is 59.1 Å². The van der Waals surface area contributed by atoms with Gasteiger partial charge in [0.05, 0.1) is 12.1 Å². The molecule has 0 aromatic carbocycles. The van der Waals surface area contributed by atoms with E-state index >= 15 is 0 Å². The molecule has 1 unspecified atom stereocenters. The lowest BCUT2D eigenvalue weighted by molar-refractivity contribution is -0.159. The average molecular weight is 306 g/mol. The first kappa shape index (κ1) is 19.1. The van der Waals surface area contributed by atoms with Gasteiger partial charge in [0.15, 0.2) is 0 Å². The van der Waals surface area contributed by atoms with Crippen molar-refractivity contribution in [2.75, 3.05) is 19.8 Å². The number of carbonyl (C=O) groups is 3. The fraction of sp³-hybridized carbons (Fsp3) is 0.750. The van der Waals surface area contributed by atoms with Gasteiger partial charge in [-0.3, -0.25) is 0 Å². The van der Waals surface area contributed by atoms with Crippen molar-refractivity contribution in [2.45, 2.75) is 38.3 Å². The number of hydrogen-bond acceptors (Lipinski definition) is 6. The molecular formula is C12H22N2O7. The molecule has 1 aliphatic heterocycles. The normalized spacial score (nSPS) is 21.0. The summed E-state index contributed by atoms with van der Waals surface area (Å²) >= 11 is 0. The number of hydrogen-bond donors (Lipinski definition) is 4. The van der Waals surface area contributed by atoms with Crippen molar-refractivity contribution in [1.82, 2.24) is 5.32 Å². The highest BCUT2D eigenvalue weighted by molar-refractivity contribution is 6.27. The molecule has 5 N–H and O–H groups in total. The Hall–Kier alpha value is -1.87. The fourth-order valence-electron chi connectivity index (χ4n) is 1.44. The van der Waals surface area contributed by atoms with E-state index in [4.69, 9.17) is 35.0 Å². The van der Waals surface area contributed by atoms with E-state index < -0.39 is 29.2 Å². The number of alkyl carbamates (subject to hydrolysis) is 1. The first-order valence-electron chi connectivity index (χ1n) is 6.26. The third-order valence-electron chi connectivity index (χ3n) is 2.44. The lowest BCUT2D eigenvalue weighted by atomic mass is 10.00. The van der Waals surface area contributed by atoms with Gasteiger partial charge in [0.2, 0.25) is 0 Å². The number of carboxylic acids is 2. The highest BCUT2D eigenvalue weighted by atomic mass is 16.6. The van der Waals surface area contributed by atoms with E-state index in [1.807, 2.05) is 20.8 Å². The Morgan fingerprint density at radius 1 is 1.29 bits per heavy atom. The monoisotopic (exact) mass is 306 g/mol. The molecule has 1 fully saturated rings. The van der Waals surface area contributed by atoms with Crippen molar-refractivity contribution in [3.63, 3.8) is 0 Å². The van der Waals surface area contributed by atoms with Gasteiger partial charge in [0.1, 0.15) is 5.60 Å². The van der Waals surface area contributed by atoms with Gasteiger partial charge >= 0.3 is 18.0 Å². The minimum absolute atomic E-state index is 0.367. The Bertz CT molecular complexity index is 372. The van der Waals surface area contributed by atoms with Crippen LogP contribution in [0.4, 0.5) is 4.79 Å². The van der Waals surface area contributed by atoms with Gasteiger partial charge in [-0.2, -0.15) is 0 Å². The van der Waals surface area contributed by atoms with Crippen LogP contribution in [0, 0.1) is 0 Å². The molecule has 0 aliphatic carbocycles. The summed E-state index contributed by atoms with van der Waals surface area (Å²) in [5, 5.41) is 17.6. The Kier molecular flexibility index (Phi) is 7.10. The van der Waals surface area contributed by atoms with Gasteiger partial charge in [-0.25, -0.2) is 14.4 Å². The molecule has 122 valence electrons. The van der Waals surface area contributed by atoms with E-state index in [1.54, 1.807) is 0 Å². The average Bonchev–Trinajstić information content (AvgIpc) is 2.76. The molecule has 0 spiro atoms. The number of amides is 1. The summed E-state index contributed by atoms with van der Waals surface area (Å²) in [6.45, 7) is 6.94. The highest BCUT2D eigenvalue weighted by Gasteiger charge is 2.36. The summed E-state index contributed by atoms with van der Waals surface area (Å²) in [4.78, 5) is 29.7. The Labute approximate surface area is 122 Å². The van der Waals surface area contributed by atoms with E-state index in [-0.39, 0.29) is 0 Å². The predicted molar refractivity (Wildman–Crippen MR) is 71.9 cm³/mol. The van der Waals surface area contributed by atoms with E-state index in [1.165, 1.54) is 0 Å². The molecule has 1 amide bonds. The van der Waals surface area contributed by atoms with Crippen molar-refractivity contribution in [3.8, 4) is 0 Å². The second kappa shape index (κ2) is 7.79. The maximum absolute atomic E-state index is 11.5. The smallest absolute Gasteiger partial charge is 0.414 e. The minimum Gasteiger partial charge on any atom is -0.473 e. The molecule has 0 aromatic rings. The van der Waals surface area contributed by atoms with Crippen LogP contribution in [0.5, 0.6) is 0 Å². The molecule has 1 heterocycles. The Balaban J connectivity index is 0.000000567. The van der Waals surface area contributed by atoms with E-state index in [2.05, 4.69) is 5.32 Å². The quantitative estimate of drug-likeness (QED) is 0.512. The number of ether oxygens (including phenoxy) is 2. The van der Waals surface area contributed by atoms with Crippen LogP contribution in [-0.2, 0) is 19.1 Å². The van der Waals surface area contributed by atoms with Crippen LogP contribution in [0.1, 0.15) is 27.2 Å². The molecule has 0 aromatic heterocycles. The van der Waals surface area contributed by atoms with Crippen LogP contribution >= 0.6 is 0 Å². The van der Waals surface area contributed by atoms with Crippen LogP contribution in [0.25, 0.3) is 0 Å². The first-order chi connectivity index (χ1) is 9.51. The maximum atomic E-state index is 11.5. The molecule has 1 atom stereocenters. The van der Waals surface area contributed by atoms with Crippen LogP contribution in [0.2, 0.25) is 0 Å². The van der Waals surface area contributed by atoms with Crippen LogP contribution < -0.4 is 11.1 Å². The summed E-state index contributed by atoms with van der Waals surface area (Å²) in [6, 6.07) is 0. The van der Waals surface area contributed by atoms with E-state index in [9.17, 15) is 4.79 Å². The van der Waals surface area contributed by atoms with E-state index in [0.717, 1.165) is 6.42 Å². The fourth-order valence-corrected chi connectivity index (χ4v) is 1.44. The molecule has 21 heavy (non-hydrogen) atoms. The number of carboxylic acid groups (broad SMARTS) is 2. The molecule has 9 heteroatoms. The van der Waals surface area contributed by atoms with Gasteiger partial charge in [0.25, 0.3) is 0 Å². The molecule has 9 nitrogen and oxygen atoms in total. The number of nitrogens with one attached hydrogen (secondary N) is 1. The highest BCUT2D eigenvalue weighted by Crippen LogP contribution is 2.18. The van der Waals surface area contributed by atoms with Crippen LogP contribution in [0.15, 0.2) is 0 Å². The third kappa shape index (κ3) is 8.10. The van der Waals surface area contributed by atoms with Crippen molar-refractivity contribution in [1.29, 1.82) is 0 Å². The number of aliphatic carboxylic acids is 2. The van der Waals surface area contributed by atoms with Crippen molar-refractivity contribution >= 4 is 18.0 Å². The lowest BCUT2D eigenvalue weighted by Crippen LogP contribution is -2.55. The van der Waals surface area contributed by atoms with Gasteiger partial charge in [-0.05, 0) is 27.2 Å². The topological polar surface area (TPSA) is 148 Å². The zero-order valence-corrected chi connectivity index (χ0v) is 12.3. The Morgan fingerprint density at radius 3 is 2.10 bits per heavy atom. The van der Waals surface area contributed by atoms with Crippen molar-refractivity contribution in [3.05, 3.63) is 0 Å². The van der Waals surface area contributed by atoms with Gasteiger partial charge < -0.3 is 30.7 Å². The molecule has 1 aliphatic rings. The summed E-state index contributed by atoms with van der Waals surface area (Å²) in [5.74, 6) is -3.65. The molecular weight excluding hydrogens is 284 g/mol. The molecule has 0 bridgehead atoms. The van der Waals surface area contributed by atoms with Gasteiger partial charge in [-0.15, -0.1) is 0 Å². The second-order valence-corrected chi connectivity index (χ2v) is 5.52. The number of rotatable bonds is 2. The molecule has 0 saturated carbocycles. The van der Waals surface area contributed by atoms with E-state index in [0.29, 0.717) is 19.8 Å². The first-order valence-corrected chi connectivity index (χ1v) is 6.26. The predicted octanol–water partition coefficient (Wildman–Crippen LogP) is -0.215. The number of nitrogens with two attached hydrogens (primary N) is 1. The number of carbonyl (C=O) groups excluding carboxylic acids is 1. The summed E-state index contributed by atoms with van der Waals surface area (Å²) in [6.07, 6.45) is 0.307. The lowest BCUT2D eigenvalue weighted by Gasteiger charge is -2.29. The van der Waals surface area contributed by atoms with Crippen molar-refractivity contribution < 1.29 is 34.1 Å². The third-order valence-corrected chi connectivity index (χ3v) is 2.44. The second-order valence-electron chi connectivity index (χ2n) is 5.52. The summed E-state index contributed by atoms with van der Waals surface area (Å²) < 4.78 is 10.4. The minimum atomic E-state index is -1.82. The van der Waals surface area contributed by atoms with Gasteiger partial charge in [-0.1, -0.05) is 0 Å². The maximum Gasteiger partial charge on any atom is 0.414 e. The zero-order chi connectivity index (χ0) is 16.7. The summed E-state index contributed by atoms with van der Waals surface area (Å²) in [7, 11) is 0. The SMILES string of the molecule is CC(C)(C)OC(=O)NC1(CN)CCOC1.O=C(O)C(=O)O. The zero-order valence-electron chi connectivity index (χ0n) is 12.3. The molecule has 1 rings (SSSR count). The summed E-state index contributed by atoms with van der Waals surface area (Å²) in [5.41, 5.74) is 4.70. The van der Waals surface area contributed by atoms with Crippen LogP contribution in [0.3, 0.4) is 0 Å². The van der Waals surface area contributed by atoms with Crippen molar-refractivity contribution in [2.24, 2.45) is 5.73 Å². The largest absolute Gasteiger partial charge is 0.473 e. The molecule has 1 saturated heterocycles. The standard InChI is InChI=1S/C10H20N2O3.C2H2O4/c1-9(2,3)15-8(13)12-10(6-11)4-5-14-7-10;3-1(4)2(5)6/h4-7,11H2,1-3H3,(H,12,13);(H,3,4)(H,5,6). The molecule has 0 radical (unpaired) electrons. The van der Waals surface area contributed by atoms with Gasteiger partial charge in [0, 0.05) is 13.2 Å².